The van der Waals surface area contributed by atoms with Crippen LogP contribution in [-0.4, -0.2) is 9.97 Å². The lowest BCUT2D eigenvalue weighted by Crippen LogP contribution is -2.38. The zero-order chi connectivity index (χ0) is 51.4. The van der Waals surface area contributed by atoms with E-state index in [4.69, 9.17) is 14.7 Å². The van der Waals surface area contributed by atoms with Gasteiger partial charge in [-0.15, -0.1) is 0 Å². The number of fused-ring (bicyclic) bond motifs is 13. The molecule has 0 saturated carbocycles. The molecule has 1 spiro atoms. The number of rotatable bonds is 6. The van der Waals surface area contributed by atoms with Crippen LogP contribution in [0.4, 0.5) is 34.1 Å². The van der Waals surface area contributed by atoms with Crippen molar-refractivity contribution >= 4 is 34.1 Å². The summed E-state index contributed by atoms with van der Waals surface area (Å²) in [5.74, 6) is 1.61. The lowest BCUT2D eigenvalue weighted by Gasteiger charge is -2.46. The molecule has 16 rings (SSSR count). The lowest BCUT2D eigenvalue weighted by atomic mass is 9.62. The monoisotopic (exact) mass is 996 g/mol. The molecule has 0 N–H and O–H groups in total. The average Bonchev–Trinajstić information content (AvgIpc) is 3.65. The summed E-state index contributed by atoms with van der Waals surface area (Å²) < 4.78 is 6.93. The highest BCUT2D eigenvalue weighted by Gasteiger charge is 2.54. The molecule has 5 heteroatoms. The third kappa shape index (κ3) is 5.85. The molecule has 0 saturated heterocycles. The molecule has 10 aromatic carbocycles. The van der Waals surface area contributed by atoms with Crippen LogP contribution in [0.5, 0.6) is 11.5 Å². The highest BCUT2D eigenvalue weighted by Crippen LogP contribution is 2.65. The van der Waals surface area contributed by atoms with Gasteiger partial charge < -0.3 is 14.5 Å². The Labute approximate surface area is 453 Å². The van der Waals surface area contributed by atoms with Gasteiger partial charge >= 0.3 is 0 Å². The van der Waals surface area contributed by atoms with E-state index in [-0.39, 0.29) is 0 Å². The maximum atomic E-state index is 6.93. The SMILES string of the molecule is c1ccc(C2(c3ccccc3)c3ccccc3N(c3cnc4c(c3)C3(c5ccccc5Oc5ccccc53)c3cc(N5c6ccccc6C(c6ccccc6)(c6ccccc6)c6ccccc65)cnc3-4)c3ccccc32)cc1. The molecule has 1 aliphatic carbocycles. The Morgan fingerprint density at radius 3 is 0.846 bits per heavy atom. The summed E-state index contributed by atoms with van der Waals surface area (Å²) in [5.41, 5.74) is 19.6. The van der Waals surface area contributed by atoms with Crippen LogP contribution in [0.15, 0.2) is 291 Å². The first-order valence-electron chi connectivity index (χ1n) is 26.8. The summed E-state index contributed by atoms with van der Waals surface area (Å²) >= 11 is 0. The third-order valence-electron chi connectivity index (χ3n) is 17.1. The zero-order valence-electron chi connectivity index (χ0n) is 42.4. The molecule has 78 heavy (non-hydrogen) atoms. The highest BCUT2D eigenvalue weighted by molar-refractivity contribution is 5.95. The molecule has 0 atom stereocenters. The molecule has 12 aromatic rings. The van der Waals surface area contributed by atoms with Crippen LogP contribution in [-0.2, 0) is 16.2 Å². The number of hydrogen-bond donors (Lipinski definition) is 0. The predicted octanol–water partition coefficient (Wildman–Crippen LogP) is 17.3. The Morgan fingerprint density at radius 1 is 0.256 bits per heavy atom. The van der Waals surface area contributed by atoms with Crippen molar-refractivity contribution in [2.45, 2.75) is 16.2 Å². The van der Waals surface area contributed by atoms with Crippen LogP contribution in [0, 0.1) is 0 Å². The second-order valence-corrected chi connectivity index (χ2v) is 20.7. The smallest absolute Gasteiger partial charge is 0.132 e. The summed E-state index contributed by atoms with van der Waals surface area (Å²) in [6, 6.07) is 102. The van der Waals surface area contributed by atoms with Crippen molar-refractivity contribution in [2.24, 2.45) is 0 Å². The number of pyridine rings is 2. The first-order chi connectivity index (χ1) is 38.7. The maximum Gasteiger partial charge on any atom is 0.132 e. The van der Waals surface area contributed by atoms with Gasteiger partial charge in [0, 0.05) is 22.3 Å². The summed E-state index contributed by atoms with van der Waals surface area (Å²) in [6.07, 6.45) is 4.12. The van der Waals surface area contributed by atoms with Gasteiger partial charge in [-0.05, 0) is 93.0 Å². The highest BCUT2D eigenvalue weighted by atomic mass is 16.5. The van der Waals surface area contributed by atoms with Crippen molar-refractivity contribution < 1.29 is 4.74 Å². The van der Waals surface area contributed by atoms with Gasteiger partial charge in [-0.25, -0.2) is 0 Å². The van der Waals surface area contributed by atoms with Gasteiger partial charge in [-0.1, -0.05) is 231 Å². The molecule has 5 heterocycles. The van der Waals surface area contributed by atoms with Gasteiger partial charge in [-0.2, -0.15) is 0 Å². The second kappa shape index (κ2) is 17.0. The maximum absolute atomic E-state index is 6.93. The van der Waals surface area contributed by atoms with E-state index >= 15 is 0 Å². The molecule has 0 radical (unpaired) electrons. The van der Waals surface area contributed by atoms with Crippen molar-refractivity contribution in [1.82, 2.24) is 9.97 Å². The molecule has 0 unspecified atom stereocenters. The molecule has 0 fully saturated rings. The van der Waals surface area contributed by atoms with Gasteiger partial charge in [0.15, 0.2) is 0 Å². The van der Waals surface area contributed by atoms with Gasteiger partial charge in [0.2, 0.25) is 0 Å². The van der Waals surface area contributed by atoms with Gasteiger partial charge in [0.1, 0.15) is 11.5 Å². The largest absolute Gasteiger partial charge is 0.457 e. The van der Waals surface area contributed by atoms with E-state index in [0.717, 1.165) is 79.3 Å². The average molecular weight is 997 g/mol. The van der Waals surface area contributed by atoms with E-state index in [0.29, 0.717) is 0 Å². The Kier molecular flexibility index (Phi) is 9.61. The number of aromatic nitrogens is 2. The predicted molar refractivity (Wildman–Crippen MR) is 313 cm³/mol. The lowest BCUT2D eigenvalue weighted by molar-refractivity contribution is 0.436. The summed E-state index contributed by atoms with van der Waals surface area (Å²) in [7, 11) is 0. The minimum atomic E-state index is -0.887. The van der Waals surface area contributed by atoms with Gasteiger partial charge in [0.25, 0.3) is 0 Å². The molecule has 3 aliphatic heterocycles. The third-order valence-corrected chi connectivity index (χ3v) is 17.1. The number of ether oxygens (including phenoxy) is 1. The Morgan fingerprint density at radius 2 is 0.526 bits per heavy atom. The Hall–Kier alpha value is -10.1. The van der Waals surface area contributed by atoms with Crippen LogP contribution in [0.3, 0.4) is 0 Å². The molecular weight excluding hydrogens is 949 g/mol. The molecule has 4 aliphatic rings. The quantitative estimate of drug-likeness (QED) is 0.166. The molecule has 2 aromatic heterocycles. The van der Waals surface area contributed by atoms with Crippen LogP contribution in [0.2, 0.25) is 0 Å². The summed E-state index contributed by atoms with van der Waals surface area (Å²) in [4.78, 5) is 16.1. The fourth-order valence-electron chi connectivity index (χ4n) is 14.2. The van der Waals surface area contributed by atoms with Crippen molar-refractivity contribution in [2.75, 3.05) is 9.80 Å². The number of para-hydroxylation sites is 6. The normalized spacial score (nSPS) is 15.0. The fourth-order valence-corrected chi connectivity index (χ4v) is 14.2. The van der Waals surface area contributed by atoms with Crippen LogP contribution >= 0.6 is 0 Å². The van der Waals surface area contributed by atoms with Crippen molar-refractivity contribution in [3.05, 3.63) is 358 Å². The number of anilines is 6. The van der Waals surface area contributed by atoms with E-state index in [1.807, 2.05) is 0 Å². The van der Waals surface area contributed by atoms with E-state index in [1.54, 1.807) is 0 Å². The van der Waals surface area contributed by atoms with Gasteiger partial charge in [0.05, 0.1) is 74.2 Å². The van der Waals surface area contributed by atoms with Crippen molar-refractivity contribution in [1.29, 1.82) is 0 Å². The molecule has 0 bridgehead atoms. The molecule has 0 amide bonds. The number of benzene rings is 10. The first-order valence-corrected chi connectivity index (χ1v) is 26.8. The minimum Gasteiger partial charge on any atom is -0.457 e. The minimum absolute atomic E-state index is 0.611. The van der Waals surface area contributed by atoms with E-state index < -0.39 is 16.2 Å². The van der Waals surface area contributed by atoms with Crippen molar-refractivity contribution in [3.63, 3.8) is 0 Å². The van der Waals surface area contributed by atoms with E-state index in [9.17, 15) is 0 Å². The first kappa shape index (κ1) is 44.2. The summed E-state index contributed by atoms with van der Waals surface area (Å²) in [5, 5.41) is 0. The summed E-state index contributed by atoms with van der Waals surface area (Å²) in [6.45, 7) is 0. The van der Waals surface area contributed by atoms with Crippen LogP contribution in [0.1, 0.15) is 66.8 Å². The second-order valence-electron chi connectivity index (χ2n) is 20.7. The zero-order valence-corrected chi connectivity index (χ0v) is 42.4. The molecular formula is C73H48N4O. The van der Waals surface area contributed by atoms with E-state index in [1.165, 1.54) is 44.5 Å². The molecule has 366 valence electrons. The fraction of sp³-hybridized carbons (Fsp3) is 0.0411. The topological polar surface area (TPSA) is 41.5 Å². The number of hydrogen-bond acceptors (Lipinski definition) is 5. The standard InChI is InChI=1S/C73H48N4O/c1-5-25-49(26-6-1)71(50-27-7-2-8-28-50)55-33-13-19-39-63(55)76(64-40-20-14-34-56(64)71)53-45-61-69(74-47-53)70-62(73(61)59-37-17-23-43-67(59)78-68-44-24-18-38-60(68)73)46-54(48-75-70)77-65-41-21-15-35-57(65)72(51-29-9-3-10-30-51,52-31-11-4-12-32-52)58-36-16-22-42-66(58)77/h1-48H. The molecule has 5 nitrogen and oxygen atoms in total. The van der Waals surface area contributed by atoms with Crippen LogP contribution < -0.4 is 14.5 Å². The van der Waals surface area contributed by atoms with E-state index in [2.05, 4.69) is 301 Å². The van der Waals surface area contributed by atoms with Crippen molar-refractivity contribution in [3.8, 4) is 22.9 Å². The number of nitrogens with zero attached hydrogens (tertiary/aromatic N) is 4. The van der Waals surface area contributed by atoms with Gasteiger partial charge in [-0.3, -0.25) is 9.97 Å². The Bertz CT molecular complexity index is 3870. The van der Waals surface area contributed by atoms with Crippen LogP contribution in [0.25, 0.3) is 11.4 Å². The Balaban J connectivity index is 0.946.